The van der Waals surface area contributed by atoms with Crippen LogP contribution in [-0.2, 0) is 6.54 Å². The molecular formula is C18H25N5O2. The van der Waals surface area contributed by atoms with Gasteiger partial charge in [-0.25, -0.2) is 9.98 Å². The molecule has 1 saturated heterocycles. The summed E-state index contributed by atoms with van der Waals surface area (Å²) in [5.74, 6) is 2.40. The van der Waals surface area contributed by atoms with Gasteiger partial charge in [0, 0.05) is 37.3 Å². The molecular weight excluding hydrogens is 318 g/mol. The van der Waals surface area contributed by atoms with E-state index in [0.29, 0.717) is 12.4 Å². The van der Waals surface area contributed by atoms with Crippen LogP contribution in [0.5, 0.6) is 5.88 Å². The van der Waals surface area contributed by atoms with Crippen LogP contribution in [0.15, 0.2) is 33.9 Å². The van der Waals surface area contributed by atoms with Crippen LogP contribution < -0.4 is 10.1 Å². The van der Waals surface area contributed by atoms with Crippen LogP contribution in [-0.4, -0.2) is 46.7 Å². The maximum Gasteiger partial charge on any atom is 0.213 e. The first-order valence-corrected chi connectivity index (χ1v) is 8.70. The molecule has 1 N–H and O–H groups in total. The molecule has 2 aromatic heterocycles. The number of aromatic nitrogens is 2. The van der Waals surface area contributed by atoms with Crippen molar-refractivity contribution in [1.29, 1.82) is 0 Å². The number of pyridine rings is 1. The molecule has 1 fully saturated rings. The van der Waals surface area contributed by atoms with Gasteiger partial charge in [0.15, 0.2) is 5.96 Å². The minimum absolute atomic E-state index is 0.123. The summed E-state index contributed by atoms with van der Waals surface area (Å²) >= 11 is 0. The highest BCUT2D eigenvalue weighted by molar-refractivity contribution is 5.80. The van der Waals surface area contributed by atoms with Gasteiger partial charge in [0.25, 0.3) is 0 Å². The van der Waals surface area contributed by atoms with E-state index in [1.165, 1.54) is 0 Å². The van der Waals surface area contributed by atoms with Crippen molar-refractivity contribution in [2.45, 2.75) is 39.8 Å². The van der Waals surface area contributed by atoms with Crippen molar-refractivity contribution in [3.63, 3.8) is 0 Å². The standard InChI is InChI=1S/C18H25N5O2/c1-4-19-18(21-11-16-13(2)22-25-14(16)3)23-10-8-15(12-23)24-17-7-5-6-9-20-17/h5-7,9,15H,4,8,10-12H2,1-3H3,(H,19,21). The van der Waals surface area contributed by atoms with Crippen molar-refractivity contribution in [3.8, 4) is 5.88 Å². The quantitative estimate of drug-likeness (QED) is 0.663. The van der Waals surface area contributed by atoms with E-state index in [2.05, 4.69) is 27.3 Å². The van der Waals surface area contributed by atoms with E-state index >= 15 is 0 Å². The number of likely N-dealkylation sites (tertiary alicyclic amines) is 1. The van der Waals surface area contributed by atoms with Crippen molar-refractivity contribution < 1.29 is 9.26 Å². The summed E-state index contributed by atoms with van der Waals surface area (Å²) in [5, 5.41) is 7.36. The third kappa shape index (κ3) is 4.29. The van der Waals surface area contributed by atoms with Gasteiger partial charge >= 0.3 is 0 Å². The fourth-order valence-corrected chi connectivity index (χ4v) is 2.91. The first-order chi connectivity index (χ1) is 12.2. The monoisotopic (exact) mass is 343 g/mol. The van der Waals surface area contributed by atoms with Crippen molar-refractivity contribution in [3.05, 3.63) is 41.4 Å². The number of aryl methyl sites for hydroxylation is 2. The van der Waals surface area contributed by atoms with Crippen LogP contribution in [0, 0.1) is 13.8 Å². The average molecular weight is 343 g/mol. The number of hydrogen-bond donors (Lipinski definition) is 1. The lowest BCUT2D eigenvalue weighted by atomic mass is 10.2. The Hall–Kier alpha value is -2.57. The van der Waals surface area contributed by atoms with Gasteiger partial charge in [-0.1, -0.05) is 11.2 Å². The molecule has 7 nitrogen and oxygen atoms in total. The number of rotatable bonds is 5. The highest BCUT2D eigenvalue weighted by atomic mass is 16.5. The minimum atomic E-state index is 0.123. The van der Waals surface area contributed by atoms with Crippen molar-refractivity contribution in [1.82, 2.24) is 20.4 Å². The van der Waals surface area contributed by atoms with E-state index in [4.69, 9.17) is 14.3 Å². The highest BCUT2D eigenvalue weighted by Gasteiger charge is 2.26. The predicted molar refractivity (Wildman–Crippen MR) is 95.6 cm³/mol. The lowest BCUT2D eigenvalue weighted by Gasteiger charge is -2.21. The number of hydrogen-bond acceptors (Lipinski definition) is 5. The molecule has 1 atom stereocenters. The zero-order valence-electron chi connectivity index (χ0n) is 15.0. The van der Waals surface area contributed by atoms with Gasteiger partial charge in [-0.3, -0.25) is 0 Å². The Bertz CT molecular complexity index is 694. The Kier molecular flexibility index (Phi) is 5.53. The van der Waals surface area contributed by atoms with Gasteiger partial charge < -0.3 is 19.5 Å². The van der Waals surface area contributed by atoms with E-state index < -0.39 is 0 Å². The fraction of sp³-hybridized carbons (Fsp3) is 0.500. The molecule has 0 aromatic carbocycles. The maximum atomic E-state index is 5.96. The van der Waals surface area contributed by atoms with Gasteiger partial charge in [0.1, 0.15) is 11.9 Å². The molecule has 0 spiro atoms. The number of ether oxygens (including phenoxy) is 1. The molecule has 1 aliphatic rings. The van der Waals surface area contributed by atoms with Crippen LogP contribution in [0.3, 0.4) is 0 Å². The van der Waals surface area contributed by atoms with Gasteiger partial charge in [0.05, 0.1) is 18.8 Å². The van der Waals surface area contributed by atoms with Crippen LogP contribution in [0.1, 0.15) is 30.4 Å². The first-order valence-electron chi connectivity index (χ1n) is 8.70. The minimum Gasteiger partial charge on any atom is -0.472 e. The average Bonchev–Trinajstić information content (AvgIpc) is 3.20. The van der Waals surface area contributed by atoms with Crippen molar-refractivity contribution >= 4 is 5.96 Å². The van der Waals surface area contributed by atoms with E-state index in [-0.39, 0.29) is 6.10 Å². The molecule has 1 aliphatic heterocycles. The molecule has 3 rings (SSSR count). The summed E-state index contributed by atoms with van der Waals surface area (Å²) in [6, 6.07) is 5.71. The summed E-state index contributed by atoms with van der Waals surface area (Å²) < 4.78 is 11.2. The second-order valence-electron chi connectivity index (χ2n) is 6.12. The SMILES string of the molecule is CCNC(=NCc1c(C)noc1C)N1CCC(Oc2ccccn2)C1. The molecule has 1 unspecified atom stereocenters. The molecule has 7 heteroatoms. The van der Waals surface area contributed by atoms with E-state index in [0.717, 1.165) is 49.0 Å². The van der Waals surface area contributed by atoms with Crippen molar-refractivity contribution in [2.24, 2.45) is 4.99 Å². The Morgan fingerprint density at radius 2 is 2.32 bits per heavy atom. The molecule has 3 heterocycles. The lowest BCUT2D eigenvalue weighted by Crippen LogP contribution is -2.41. The summed E-state index contributed by atoms with van der Waals surface area (Å²) in [6.07, 6.45) is 2.82. The van der Waals surface area contributed by atoms with Crippen molar-refractivity contribution in [2.75, 3.05) is 19.6 Å². The second-order valence-corrected chi connectivity index (χ2v) is 6.12. The molecule has 0 aliphatic carbocycles. The normalized spacial score (nSPS) is 17.8. The van der Waals surface area contributed by atoms with Crippen LogP contribution in [0.2, 0.25) is 0 Å². The number of guanidine groups is 1. The molecule has 0 bridgehead atoms. The van der Waals surface area contributed by atoms with Crippen LogP contribution in [0.4, 0.5) is 0 Å². The summed E-state index contributed by atoms with van der Waals surface area (Å²) in [6.45, 7) is 9.03. The fourth-order valence-electron chi connectivity index (χ4n) is 2.91. The molecule has 0 radical (unpaired) electrons. The largest absolute Gasteiger partial charge is 0.472 e. The zero-order chi connectivity index (χ0) is 17.6. The van der Waals surface area contributed by atoms with E-state index in [1.807, 2.05) is 32.0 Å². The predicted octanol–water partition coefficient (Wildman–Crippen LogP) is 2.31. The van der Waals surface area contributed by atoms with Gasteiger partial charge in [-0.05, 0) is 26.8 Å². The third-order valence-electron chi connectivity index (χ3n) is 4.27. The molecule has 2 aromatic rings. The molecule has 25 heavy (non-hydrogen) atoms. The third-order valence-corrected chi connectivity index (χ3v) is 4.27. The Balaban J connectivity index is 1.64. The van der Waals surface area contributed by atoms with E-state index in [9.17, 15) is 0 Å². The number of nitrogens with one attached hydrogen (secondary N) is 1. The number of nitrogens with zero attached hydrogens (tertiary/aromatic N) is 4. The summed E-state index contributed by atoms with van der Waals surface area (Å²) in [5.41, 5.74) is 1.95. The molecule has 0 amide bonds. The Labute approximate surface area is 148 Å². The maximum absolute atomic E-state index is 5.96. The zero-order valence-corrected chi connectivity index (χ0v) is 15.0. The molecule has 0 saturated carbocycles. The molecule has 134 valence electrons. The van der Waals surface area contributed by atoms with Gasteiger partial charge in [-0.15, -0.1) is 0 Å². The highest BCUT2D eigenvalue weighted by Crippen LogP contribution is 2.17. The van der Waals surface area contributed by atoms with Gasteiger partial charge in [0.2, 0.25) is 5.88 Å². The van der Waals surface area contributed by atoms with Gasteiger partial charge in [-0.2, -0.15) is 0 Å². The first kappa shape index (κ1) is 17.3. The summed E-state index contributed by atoms with van der Waals surface area (Å²) in [7, 11) is 0. The summed E-state index contributed by atoms with van der Waals surface area (Å²) in [4.78, 5) is 11.2. The Morgan fingerprint density at radius 3 is 3.00 bits per heavy atom. The second kappa shape index (κ2) is 8.00. The number of aliphatic imine (C=N–C) groups is 1. The Morgan fingerprint density at radius 1 is 1.44 bits per heavy atom. The van der Waals surface area contributed by atoms with Crippen LogP contribution in [0.25, 0.3) is 0 Å². The topological polar surface area (TPSA) is 75.8 Å². The smallest absolute Gasteiger partial charge is 0.213 e. The van der Waals surface area contributed by atoms with E-state index in [1.54, 1.807) is 6.20 Å². The lowest BCUT2D eigenvalue weighted by molar-refractivity contribution is 0.205. The van der Waals surface area contributed by atoms with Crippen LogP contribution >= 0.6 is 0 Å².